The fourth-order valence-corrected chi connectivity index (χ4v) is 3.23. The summed E-state index contributed by atoms with van der Waals surface area (Å²) in [6.45, 7) is 2.03. The molecule has 2 aromatic carbocycles. The lowest BCUT2D eigenvalue weighted by Crippen LogP contribution is -2.01. The molecule has 3 rings (SSSR count). The van der Waals surface area contributed by atoms with Gasteiger partial charge in [0.2, 0.25) is 0 Å². The van der Waals surface area contributed by atoms with Crippen molar-refractivity contribution in [2.45, 2.75) is 11.9 Å². The van der Waals surface area contributed by atoms with Gasteiger partial charge in [-0.15, -0.1) is 0 Å². The first-order valence-corrected chi connectivity index (χ1v) is 9.07. The number of nitrogens with zero attached hydrogens (tertiary/aromatic N) is 2. The summed E-state index contributed by atoms with van der Waals surface area (Å²) >= 11 is 0. The Morgan fingerprint density at radius 2 is 1.67 bits per heavy atom. The number of aryl methyl sites for hydroxylation is 1. The first-order valence-electron chi connectivity index (χ1n) is 7.51. The van der Waals surface area contributed by atoms with Crippen LogP contribution in [0.2, 0.25) is 0 Å². The van der Waals surface area contributed by atoms with Crippen LogP contribution in [0.25, 0.3) is 22.4 Å². The van der Waals surface area contributed by atoms with Crippen molar-refractivity contribution in [3.8, 4) is 28.5 Å². The van der Waals surface area contributed by atoms with Crippen LogP contribution in [-0.4, -0.2) is 15.4 Å². The molecule has 0 saturated heterocycles. The minimum absolute atomic E-state index is 0.328. The van der Waals surface area contributed by atoms with E-state index in [1.54, 1.807) is 6.26 Å². The number of benzene rings is 2. The SMILES string of the molecule is Cc1ccc(-c2cc(-c3ccccc3)c(C#N)c(S(C)=O)n2)cc1. The van der Waals surface area contributed by atoms with Crippen LogP contribution in [0.4, 0.5) is 0 Å². The molecule has 4 heteroatoms. The van der Waals surface area contributed by atoms with Gasteiger partial charge in [0.1, 0.15) is 11.1 Å². The van der Waals surface area contributed by atoms with E-state index in [-0.39, 0.29) is 0 Å². The van der Waals surface area contributed by atoms with Crippen LogP contribution in [0.5, 0.6) is 0 Å². The maximum absolute atomic E-state index is 12.1. The molecule has 0 N–H and O–H groups in total. The molecule has 0 saturated carbocycles. The molecule has 1 unspecified atom stereocenters. The Balaban J connectivity index is 2.29. The summed E-state index contributed by atoms with van der Waals surface area (Å²) in [4.78, 5) is 4.51. The largest absolute Gasteiger partial charge is 0.253 e. The van der Waals surface area contributed by atoms with Gasteiger partial charge in [-0.25, -0.2) is 4.98 Å². The molecule has 0 radical (unpaired) electrons. The van der Waals surface area contributed by atoms with Gasteiger partial charge in [-0.2, -0.15) is 5.26 Å². The topological polar surface area (TPSA) is 53.8 Å². The van der Waals surface area contributed by atoms with Crippen LogP contribution in [0.1, 0.15) is 11.1 Å². The molecule has 3 nitrogen and oxygen atoms in total. The van der Waals surface area contributed by atoms with Crippen molar-refractivity contribution in [1.82, 2.24) is 4.98 Å². The van der Waals surface area contributed by atoms with E-state index in [0.29, 0.717) is 10.6 Å². The number of hydrogen-bond donors (Lipinski definition) is 0. The minimum atomic E-state index is -1.35. The fraction of sp³-hybridized carbons (Fsp3) is 0.100. The highest BCUT2D eigenvalue weighted by Gasteiger charge is 2.17. The van der Waals surface area contributed by atoms with Gasteiger partial charge in [-0.3, -0.25) is 4.21 Å². The number of pyridine rings is 1. The molecule has 24 heavy (non-hydrogen) atoms. The van der Waals surface area contributed by atoms with Gasteiger partial charge < -0.3 is 0 Å². The van der Waals surface area contributed by atoms with Crippen LogP contribution in [0, 0.1) is 18.3 Å². The highest BCUT2D eigenvalue weighted by molar-refractivity contribution is 7.84. The zero-order valence-electron chi connectivity index (χ0n) is 13.5. The molecule has 1 atom stereocenters. The molecular weight excluding hydrogens is 316 g/mol. The minimum Gasteiger partial charge on any atom is -0.253 e. The normalized spacial score (nSPS) is 11.7. The smallest absolute Gasteiger partial charge is 0.146 e. The van der Waals surface area contributed by atoms with E-state index in [0.717, 1.165) is 27.9 Å². The van der Waals surface area contributed by atoms with Crippen LogP contribution in [0.15, 0.2) is 65.7 Å². The number of aromatic nitrogens is 1. The molecule has 0 aliphatic rings. The average molecular weight is 332 g/mol. The van der Waals surface area contributed by atoms with E-state index in [4.69, 9.17) is 0 Å². The Morgan fingerprint density at radius 1 is 1.00 bits per heavy atom. The van der Waals surface area contributed by atoms with Gasteiger partial charge in [0, 0.05) is 17.4 Å². The Hall–Kier alpha value is -2.77. The summed E-state index contributed by atoms with van der Waals surface area (Å²) in [5.41, 5.74) is 4.87. The van der Waals surface area contributed by atoms with E-state index < -0.39 is 10.8 Å². The second-order valence-electron chi connectivity index (χ2n) is 5.53. The van der Waals surface area contributed by atoms with E-state index in [1.807, 2.05) is 67.6 Å². The predicted octanol–water partition coefficient (Wildman–Crippen LogP) is 4.33. The molecular formula is C20H16N2OS. The van der Waals surface area contributed by atoms with Gasteiger partial charge in [0.25, 0.3) is 0 Å². The Kier molecular flexibility index (Phi) is 4.54. The zero-order chi connectivity index (χ0) is 17.1. The summed E-state index contributed by atoms with van der Waals surface area (Å²) < 4.78 is 12.1. The van der Waals surface area contributed by atoms with Gasteiger partial charge in [0.15, 0.2) is 0 Å². The van der Waals surface area contributed by atoms with Crippen molar-refractivity contribution < 1.29 is 4.21 Å². The average Bonchev–Trinajstić information content (AvgIpc) is 2.62. The quantitative estimate of drug-likeness (QED) is 0.717. The fourth-order valence-electron chi connectivity index (χ4n) is 2.56. The summed E-state index contributed by atoms with van der Waals surface area (Å²) in [5, 5.41) is 9.91. The van der Waals surface area contributed by atoms with Gasteiger partial charge in [-0.1, -0.05) is 60.2 Å². The van der Waals surface area contributed by atoms with Crippen LogP contribution >= 0.6 is 0 Å². The van der Waals surface area contributed by atoms with Crippen molar-refractivity contribution in [2.24, 2.45) is 0 Å². The maximum Gasteiger partial charge on any atom is 0.146 e. The Bertz CT molecular complexity index is 942. The summed E-state index contributed by atoms with van der Waals surface area (Å²) in [6.07, 6.45) is 1.55. The van der Waals surface area contributed by atoms with Gasteiger partial charge in [0.05, 0.1) is 22.1 Å². The molecule has 1 aromatic heterocycles. The van der Waals surface area contributed by atoms with Crippen LogP contribution < -0.4 is 0 Å². The molecule has 3 aromatic rings. The lowest BCUT2D eigenvalue weighted by molar-refractivity contribution is 0.684. The molecule has 0 bridgehead atoms. The van der Waals surface area contributed by atoms with Crippen LogP contribution in [0.3, 0.4) is 0 Å². The van der Waals surface area contributed by atoms with Crippen molar-refractivity contribution in [3.05, 3.63) is 71.8 Å². The first kappa shape index (κ1) is 16.1. The van der Waals surface area contributed by atoms with Gasteiger partial charge >= 0.3 is 0 Å². The standard InChI is InChI=1S/C20H16N2OS/c1-14-8-10-16(11-9-14)19-12-17(15-6-4-3-5-7-15)18(13-21)20(22-19)24(2)23/h3-12H,1-2H3. The highest BCUT2D eigenvalue weighted by atomic mass is 32.2. The van der Waals surface area contributed by atoms with E-state index >= 15 is 0 Å². The molecule has 118 valence electrons. The number of rotatable bonds is 3. The Morgan fingerprint density at radius 3 is 2.25 bits per heavy atom. The van der Waals surface area contributed by atoms with Crippen molar-refractivity contribution in [3.63, 3.8) is 0 Å². The molecule has 0 aliphatic carbocycles. The van der Waals surface area contributed by atoms with E-state index in [9.17, 15) is 9.47 Å². The Labute approximate surface area is 144 Å². The number of hydrogen-bond acceptors (Lipinski definition) is 3. The summed E-state index contributed by atoms with van der Waals surface area (Å²) in [5.74, 6) is 0. The highest BCUT2D eigenvalue weighted by Crippen LogP contribution is 2.31. The first-order chi connectivity index (χ1) is 11.6. The molecule has 0 spiro atoms. The monoisotopic (exact) mass is 332 g/mol. The van der Waals surface area contributed by atoms with E-state index in [1.165, 1.54) is 0 Å². The predicted molar refractivity (Wildman–Crippen MR) is 96.9 cm³/mol. The third-order valence-corrected chi connectivity index (χ3v) is 4.64. The summed E-state index contributed by atoms with van der Waals surface area (Å²) in [6, 6.07) is 21.7. The van der Waals surface area contributed by atoms with Crippen molar-refractivity contribution in [2.75, 3.05) is 6.26 Å². The van der Waals surface area contributed by atoms with E-state index in [2.05, 4.69) is 11.1 Å². The second kappa shape index (κ2) is 6.77. The maximum atomic E-state index is 12.1. The lowest BCUT2D eigenvalue weighted by atomic mass is 9.99. The second-order valence-corrected chi connectivity index (χ2v) is 6.83. The molecule has 0 fully saturated rings. The third kappa shape index (κ3) is 3.12. The number of nitriles is 1. The van der Waals surface area contributed by atoms with Crippen molar-refractivity contribution >= 4 is 10.8 Å². The van der Waals surface area contributed by atoms with Crippen molar-refractivity contribution in [1.29, 1.82) is 5.26 Å². The molecule has 1 heterocycles. The van der Waals surface area contributed by atoms with Crippen LogP contribution in [-0.2, 0) is 10.8 Å². The molecule has 0 amide bonds. The third-order valence-electron chi connectivity index (χ3n) is 3.80. The van der Waals surface area contributed by atoms with Gasteiger partial charge in [-0.05, 0) is 18.6 Å². The summed E-state index contributed by atoms with van der Waals surface area (Å²) in [7, 11) is -1.35. The molecule has 0 aliphatic heterocycles. The lowest BCUT2D eigenvalue weighted by Gasteiger charge is -2.11. The zero-order valence-corrected chi connectivity index (χ0v) is 14.3.